The van der Waals surface area contributed by atoms with Crippen molar-refractivity contribution in [3.8, 4) is 0 Å². The molecular formula is C24H42O4. The van der Waals surface area contributed by atoms with Gasteiger partial charge in [-0.2, -0.15) is 0 Å². The molecule has 1 saturated heterocycles. The summed E-state index contributed by atoms with van der Waals surface area (Å²) < 4.78 is 11.6. The highest BCUT2D eigenvalue weighted by Crippen LogP contribution is 2.60. The summed E-state index contributed by atoms with van der Waals surface area (Å²) in [6.45, 7) is 3.62. The molecule has 162 valence electrons. The fourth-order valence-corrected chi connectivity index (χ4v) is 5.52. The molecule has 1 aliphatic heterocycles. The number of ether oxygens (including phenoxy) is 2. The number of fused-ring (bicyclic) bond motifs is 2. The van der Waals surface area contributed by atoms with Gasteiger partial charge in [-0.1, -0.05) is 83.3 Å². The lowest BCUT2D eigenvalue weighted by Crippen LogP contribution is -2.53. The summed E-state index contributed by atoms with van der Waals surface area (Å²) >= 11 is 0. The highest BCUT2D eigenvalue weighted by molar-refractivity contribution is 5.14. The Hall–Kier alpha value is -0.420. The van der Waals surface area contributed by atoms with Crippen molar-refractivity contribution in [2.24, 2.45) is 17.8 Å². The maximum Gasteiger partial charge on any atom is 0.171 e. The first-order valence-corrected chi connectivity index (χ1v) is 12.0. The summed E-state index contributed by atoms with van der Waals surface area (Å²) in [4.78, 5) is 0. The summed E-state index contributed by atoms with van der Waals surface area (Å²) in [6, 6.07) is 0. The number of hydrogen-bond acceptors (Lipinski definition) is 4. The van der Waals surface area contributed by atoms with Gasteiger partial charge in [0, 0.05) is 18.3 Å². The largest absolute Gasteiger partial charge is 0.392 e. The van der Waals surface area contributed by atoms with Crippen molar-refractivity contribution in [1.29, 1.82) is 0 Å². The van der Waals surface area contributed by atoms with E-state index in [1.807, 2.05) is 6.08 Å². The minimum absolute atomic E-state index is 0.144. The molecule has 0 aromatic rings. The maximum absolute atomic E-state index is 10.4. The minimum atomic E-state index is -0.400. The average molecular weight is 395 g/mol. The van der Waals surface area contributed by atoms with Gasteiger partial charge in [-0.15, -0.1) is 0 Å². The Morgan fingerprint density at radius 1 is 0.964 bits per heavy atom. The standard InChI is InChI=1S/C24H42O4/c1-2-3-4-5-6-7-8-9-10-11-12-19(25)13-14-20-21-18-24(27-15-16-28-24)22(21)17-23(20)26/h13-14,19-23,25-26H,2-12,15-18H2,1H3/t19?,20?,21-,22-,23?/m0/s1. The highest BCUT2D eigenvalue weighted by atomic mass is 16.7. The SMILES string of the molecule is CCCCCCCCCCCCC(O)C=CC1C(O)C[C@H]2[C@H]1CC21OCCO1. The Labute approximate surface area is 171 Å². The molecule has 0 aromatic carbocycles. The molecule has 0 radical (unpaired) electrons. The Balaban J connectivity index is 1.24. The van der Waals surface area contributed by atoms with Gasteiger partial charge in [0.15, 0.2) is 5.79 Å². The predicted octanol–water partition coefficient (Wildman–Crippen LogP) is 4.97. The number of aliphatic hydroxyl groups is 2. The topological polar surface area (TPSA) is 58.9 Å². The molecule has 1 heterocycles. The van der Waals surface area contributed by atoms with Gasteiger partial charge in [0.25, 0.3) is 0 Å². The maximum atomic E-state index is 10.4. The van der Waals surface area contributed by atoms with Crippen LogP contribution in [0, 0.1) is 17.8 Å². The molecule has 5 atom stereocenters. The first-order valence-electron chi connectivity index (χ1n) is 12.0. The van der Waals surface area contributed by atoms with Gasteiger partial charge in [0.2, 0.25) is 0 Å². The highest BCUT2D eigenvalue weighted by Gasteiger charge is 2.64. The quantitative estimate of drug-likeness (QED) is 0.342. The Bertz CT molecular complexity index is 471. The smallest absolute Gasteiger partial charge is 0.171 e. The molecule has 2 N–H and O–H groups in total. The van der Waals surface area contributed by atoms with Crippen LogP contribution in [-0.2, 0) is 9.47 Å². The zero-order valence-electron chi connectivity index (χ0n) is 17.9. The van der Waals surface area contributed by atoms with Crippen LogP contribution in [0.4, 0.5) is 0 Å². The van der Waals surface area contributed by atoms with Gasteiger partial charge >= 0.3 is 0 Å². The summed E-state index contributed by atoms with van der Waals surface area (Å²) in [6.07, 6.45) is 18.9. The van der Waals surface area contributed by atoms with Crippen molar-refractivity contribution < 1.29 is 19.7 Å². The summed E-state index contributed by atoms with van der Waals surface area (Å²) in [7, 11) is 0. The first-order chi connectivity index (χ1) is 13.7. The van der Waals surface area contributed by atoms with Crippen LogP contribution in [0.15, 0.2) is 12.2 Å². The van der Waals surface area contributed by atoms with Gasteiger partial charge < -0.3 is 19.7 Å². The minimum Gasteiger partial charge on any atom is -0.392 e. The third kappa shape index (κ3) is 5.59. The van der Waals surface area contributed by atoms with E-state index in [1.165, 1.54) is 57.8 Å². The van der Waals surface area contributed by atoms with E-state index in [0.717, 1.165) is 25.7 Å². The average Bonchev–Trinajstić information content (AvgIpc) is 3.27. The molecule has 2 saturated carbocycles. The zero-order chi connectivity index (χ0) is 19.8. The Morgan fingerprint density at radius 2 is 1.57 bits per heavy atom. The molecule has 0 bridgehead atoms. The molecule has 28 heavy (non-hydrogen) atoms. The van der Waals surface area contributed by atoms with E-state index in [1.54, 1.807) is 0 Å². The van der Waals surface area contributed by atoms with Crippen LogP contribution in [0.1, 0.15) is 90.4 Å². The molecule has 4 nitrogen and oxygen atoms in total. The van der Waals surface area contributed by atoms with Gasteiger partial charge in [0.05, 0.1) is 25.4 Å². The second kappa shape index (κ2) is 11.1. The van der Waals surface area contributed by atoms with Crippen LogP contribution in [0.5, 0.6) is 0 Å². The number of hydrogen-bond donors (Lipinski definition) is 2. The van der Waals surface area contributed by atoms with Crippen molar-refractivity contribution in [2.45, 2.75) is 108 Å². The van der Waals surface area contributed by atoms with Crippen LogP contribution in [0.2, 0.25) is 0 Å². The lowest BCUT2D eigenvalue weighted by Gasteiger charge is -2.49. The fraction of sp³-hybridized carbons (Fsp3) is 0.917. The summed E-state index contributed by atoms with van der Waals surface area (Å²) in [5.41, 5.74) is 0. The van der Waals surface area contributed by atoms with E-state index in [0.29, 0.717) is 25.0 Å². The number of rotatable bonds is 13. The van der Waals surface area contributed by atoms with Gasteiger partial charge in [-0.3, -0.25) is 0 Å². The van der Waals surface area contributed by atoms with Gasteiger partial charge in [-0.25, -0.2) is 0 Å². The Morgan fingerprint density at radius 3 is 2.21 bits per heavy atom. The van der Waals surface area contributed by atoms with Crippen LogP contribution >= 0.6 is 0 Å². The first kappa shape index (κ1) is 22.3. The van der Waals surface area contributed by atoms with Crippen molar-refractivity contribution in [3.05, 3.63) is 12.2 Å². The second-order valence-electron chi connectivity index (χ2n) is 9.29. The normalized spacial score (nSPS) is 32.1. The van der Waals surface area contributed by atoms with E-state index in [-0.39, 0.29) is 18.1 Å². The lowest BCUT2D eigenvalue weighted by atomic mass is 9.67. The number of aliphatic hydroxyl groups excluding tert-OH is 2. The predicted molar refractivity (Wildman–Crippen MR) is 112 cm³/mol. The van der Waals surface area contributed by atoms with Crippen LogP contribution in [-0.4, -0.2) is 41.4 Å². The molecule has 4 heteroatoms. The van der Waals surface area contributed by atoms with Crippen molar-refractivity contribution in [2.75, 3.05) is 13.2 Å². The third-order valence-corrected chi connectivity index (χ3v) is 7.22. The van der Waals surface area contributed by atoms with Gasteiger partial charge in [-0.05, 0) is 18.8 Å². The monoisotopic (exact) mass is 394 g/mol. The van der Waals surface area contributed by atoms with Crippen molar-refractivity contribution >= 4 is 0 Å². The van der Waals surface area contributed by atoms with Crippen LogP contribution in [0.3, 0.4) is 0 Å². The van der Waals surface area contributed by atoms with E-state index >= 15 is 0 Å². The number of unbranched alkanes of at least 4 members (excludes halogenated alkanes) is 9. The van der Waals surface area contributed by atoms with E-state index in [4.69, 9.17) is 9.47 Å². The van der Waals surface area contributed by atoms with Crippen molar-refractivity contribution in [1.82, 2.24) is 0 Å². The molecule has 1 spiro atoms. The van der Waals surface area contributed by atoms with E-state index in [9.17, 15) is 10.2 Å². The van der Waals surface area contributed by atoms with Crippen molar-refractivity contribution in [3.63, 3.8) is 0 Å². The summed E-state index contributed by atoms with van der Waals surface area (Å²) in [5.74, 6) is 0.501. The van der Waals surface area contributed by atoms with Crippen LogP contribution in [0.25, 0.3) is 0 Å². The summed E-state index contributed by atoms with van der Waals surface area (Å²) in [5, 5.41) is 20.7. The van der Waals surface area contributed by atoms with E-state index < -0.39 is 5.79 Å². The molecule has 0 aromatic heterocycles. The molecule has 3 unspecified atom stereocenters. The third-order valence-electron chi connectivity index (χ3n) is 7.22. The van der Waals surface area contributed by atoms with Crippen LogP contribution < -0.4 is 0 Å². The lowest BCUT2D eigenvalue weighted by molar-refractivity contribution is -0.270. The molecular weight excluding hydrogens is 352 g/mol. The zero-order valence-corrected chi connectivity index (χ0v) is 17.9. The molecule has 3 fully saturated rings. The van der Waals surface area contributed by atoms with E-state index in [2.05, 4.69) is 13.0 Å². The van der Waals surface area contributed by atoms with Gasteiger partial charge in [0.1, 0.15) is 0 Å². The molecule has 3 rings (SSSR count). The second-order valence-corrected chi connectivity index (χ2v) is 9.29. The Kier molecular flexibility index (Phi) is 8.83. The fourth-order valence-electron chi connectivity index (χ4n) is 5.52. The molecule has 3 aliphatic rings. The molecule has 2 aliphatic carbocycles. The molecule has 0 amide bonds.